The molecule has 0 aromatic carbocycles. The molecule has 1 saturated carbocycles. The summed E-state index contributed by atoms with van der Waals surface area (Å²) < 4.78 is 1.84. The summed E-state index contributed by atoms with van der Waals surface area (Å²) in [6.07, 6.45) is 6.03. The van der Waals surface area contributed by atoms with Gasteiger partial charge in [0.1, 0.15) is 0 Å². The first kappa shape index (κ1) is 9.78. The summed E-state index contributed by atoms with van der Waals surface area (Å²) in [6, 6.07) is 2.00. The Kier molecular flexibility index (Phi) is 1.86. The molecular formula is C12H16N4. The lowest BCUT2D eigenvalue weighted by atomic mass is 10.1. The van der Waals surface area contributed by atoms with Crippen LogP contribution < -0.4 is 5.73 Å². The Morgan fingerprint density at radius 2 is 2.19 bits per heavy atom. The van der Waals surface area contributed by atoms with Gasteiger partial charge in [-0.2, -0.15) is 5.10 Å². The first-order valence-electron chi connectivity index (χ1n) is 5.73. The summed E-state index contributed by atoms with van der Waals surface area (Å²) in [5.74, 6) is 0.470. The van der Waals surface area contributed by atoms with Crippen LogP contribution in [0.25, 0.3) is 5.65 Å². The van der Waals surface area contributed by atoms with E-state index < -0.39 is 0 Å². The fraction of sp³-hybridized carbons (Fsp3) is 0.500. The van der Waals surface area contributed by atoms with Gasteiger partial charge >= 0.3 is 0 Å². The smallest absolute Gasteiger partial charge is 0.155 e. The predicted molar refractivity (Wildman–Crippen MR) is 62.2 cm³/mol. The second-order valence-electron chi connectivity index (χ2n) is 5.03. The fourth-order valence-electron chi connectivity index (χ4n) is 1.82. The molecule has 2 aromatic rings. The summed E-state index contributed by atoms with van der Waals surface area (Å²) in [5.41, 5.74) is 9.01. The number of rotatable bonds is 2. The molecule has 2 N–H and O–H groups in total. The second-order valence-corrected chi connectivity index (χ2v) is 5.03. The highest BCUT2D eigenvalue weighted by Crippen LogP contribution is 2.41. The molecule has 0 amide bonds. The van der Waals surface area contributed by atoms with Crippen molar-refractivity contribution in [2.24, 2.45) is 5.73 Å². The lowest BCUT2D eigenvalue weighted by molar-refractivity contribution is 0.689. The van der Waals surface area contributed by atoms with Gasteiger partial charge in [0.15, 0.2) is 5.65 Å². The van der Waals surface area contributed by atoms with Gasteiger partial charge in [-0.25, -0.2) is 9.50 Å². The van der Waals surface area contributed by atoms with Crippen molar-refractivity contribution in [3.63, 3.8) is 0 Å². The van der Waals surface area contributed by atoms with Crippen LogP contribution in [0.2, 0.25) is 0 Å². The average molecular weight is 216 g/mol. The second kappa shape index (κ2) is 3.04. The summed E-state index contributed by atoms with van der Waals surface area (Å²) >= 11 is 0. The van der Waals surface area contributed by atoms with Crippen LogP contribution in [0.1, 0.15) is 43.9 Å². The van der Waals surface area contributed by atoms with Gasteiger partial charge in [0, 0.05) is 18.5 Å². The van der Waals surface area contributed by atoms with Crippen LogP contribution in [0.15, 0.2) is 18.5 Å². The molecule has 1 aliphatic rings. The summed E-state index contributed by atoms with van der Waals surface area (Å²) in [4.78, 5) is 4.41. The fourth-order valence-corrected chi connectivity index (χ4v) is 1.82. The molecule has 4 nitrogen and oxygen atoms in total. The van der Waals surface area contributed by atoms with Crippen LogP contribution in [0.3, 0.4) is 0 Å². The lowest BCUT2D eigenvalue weighted by Crippen LogP contribution is -2.19. The minimum absolute atomic E-state index is 0.175. The van der Waals surface area contributed by atoms with E-state index in [2.05, 4.69) is 23.9 Å². The molecule has 0 aliphatic heterocycles. The number of aromatic nitrogens is 3. The van der Waals surface area contributed by atoms with Gasteiger partial charge < -0.3 is 5.73 Å². The van der Waals surface area contributed by atoms with Crippen LogP contribution in [-0.2, 0) is 5.54 Å². The largest absolute Gasteiger partial charge is 0.320 e. The maximum absolute atomic E-state index is 6.13. The Morgan fingerprint density at radius 1 is 1.44 bits per heavy atom. The van der Waals surface area contributed by atoms with Crippen molar-refractivity contribution in [2.75, 3.05) is 0 Å². The summed E-state index contributed by atoms with van der Waals surface area (Å²) in [7, 11) is 0. The minimum atomic E-state index is -0.175. The van der Waals surface area contributed by atoms with Gasteiger partial charge in [0.05, 0.1) is 11.2 Å². The average Bonchev–Trinajstić information content (AvgIpc) is 2.86. The van der Waals surface area contributed by atoms with Gasteiger partial charge in [-0.15, -0.1) is 0 Å². The third-order valence-corrected chi connectivity index (χ3v) is 3.30. The molecule has 1 aliphatic carbocycles. The topological polar surface area (TPSA) is 56.2 Å². The van der Waals surface area contributed by atoms with Crippen molar-refractivity contribution in [2.45, 2.75) is 38.1 Å². The molecule has 4 heteroatoms. The Morgan fingerprint density at radius 3 is 2.81 bits per heavy atom. The van der Waals surface area contributed by atoms with E-state index in [0.717, 1.165) is 24.2 Å². The normalized spacial score (nSPS) is 18.2. The molecule has 16 heavy (non-hydrogen) atoms. The molecule has 0 unspecified atom stereocenters. The molecule has 2 heterocycles. The first-order chi connectivity index (χ1) is 7.58. The number of nitrogens with zero attached hydrogens (tertiary/aromatic N) is 3. The van der Waals surface area contributed by atoms with E-state index in [1.54, 1.807) is 0 Å². The Hall–Kier alpha value is -1.42. The molecular weight excluding hydrogens is 200 g/mol. The molecule has 84 valence electrons. The zero-order valence-corrected chi connectivity index (χ0v) is 9.64. The van der Waals surface area contributed by atoms with Crippen molar-refractivity contribution in [1.82, 2.24) is 14.6 Å². The van der Waals surface area contributed by atoms with E-state index in [1.807, 2.05) is 23.0 Å². The van der Waals surface area contributed by atoms with E-state index >= 15 is 0 Å². The number of hydrogen-bond acceptors (Lipinski definition) is 3. The third kappa shape index (κ3) is 1.41. The van der Waals surface area contributed by atoms with Crippen LogP contribution >= 0.6 is 0 Å². The van der Waals surface area contributed by atoms with Crippen LogP contribution in [-0.4, -0.2) is 14.6 Å². The van der Waals surface area contributed by atoms with E-state index in [1.165, 1.54) is 5.56 Å². The van der Waals surface area contributed by atoms with Gasteiger partial charge in [-0.05, 0) is 24.3 Å². The van der Waals surface area contributed by atoms with Crippen molar-refractivity contribution in [3.05, 3.63) is 29.7 Å². The van der Waals surface area contributed by atoms with Gasteiger partial charge in [-0.1, -0.05) is 13.8 Å². The van der Waals surface area contributed by atoms with Crippen molar-refractivity contribution < 1.29 is 0 Å². The SMILES string of the molecule is CC(C)c1cnc2cc(C3(N)CC3)nn2c1. The first-order valence-corrected chi connectivity index (χ1v) is 5.73. The number of fused-ring (bicyclic) bond motifs is 1. The molecule has 0 saturated heterocycles. The van der Waals surface area contributed by atoms with Gasteiger partial charge in [0.25, 0.3) is 0 Å². The zero-order valence-electron chi connectivity index (χ0n) is 9.64. The van der Waals surface area contributed by atoms with E-state index in [4.69, 9.17) is 5.73 Å². The molecule has 3 rings (SSSR count). The van der Waals surface area contributed by atoms with Crippen molar-refractivity contribution in [1.29, 1.82) is 0 Å². The Labute approximate surface area is 94.5 Å². The number of hydrogen-bond donors (Lipinski definition) is 1. The van der Waals surface area contributed by atoms with Crippen LogP contribution in [0.5, 0.6) is 0 Å². The van der Waals surface area contributed by atoms with Crippen LogP contribution in [0.4, 0.5) is 0 Å². The summed E-state index contributed by atoms with van der Waals surface area (Å²) in [6.45, 7) is 4.30. The highest BCUT2D eigenvalue weighted by atomic mass is 15.3. The highest BCUT2D eigenvalue weighted by Gasteiger charge is 2.42. The van der Waals surface area contributed by atoms with Crippen molar-refractivity contribution >= 4 is 5.65 Å². The maximum Gasteiger partial charge on any atom is 0.155 e. The van der Waals surface area contributed by atoms with E-state index in [-0.39, 0.29) is 5.54 Å². The van der Waals surface area contributed by atoms with Gasteiger partial charge in [-0.3, -0.25) is 0 Å². The number of nitrogens with two attached hydrogens (primary N) is 1. The standard InChI is InChI=1S/C12H16N4/c1-8(2)9-6-14-11-5-10(12(13)3-4-12)15-16(11)7-9/h5-8H,3-4,13H2,1-2H3. The monoisotopic (exact) mass is 216 g/mol. The molecule has 0 spiro atoms. The summed E-state index contributed by atoms with van der Waals surface area (Å²) in [5, 5.41) is 4.52. The molecule has 0 atom stereocenters. The minimum Gasteiger partial charge on any atom is -0.320 e. The lowest BCUT2D eigenvalue weighted by Gasteiger charge is -2.04. The zero-order chi connectivity index (χ0) is 11.3. The van der Waals surface area contributed by atoms with Gasteiger partial charge in [0.2, 0.25) is 0 Å². The molecule has 0 bridgehead atoms. The van der Waals surface area contributed by atoms with Crippen LogP contribution in [0, 0.1) is 0 Å². The molecule has 0 radical (unpaired) electrons. The highest BCUT2D eigenvalue weighted by molar-refractivity contribution is 5.43. The quantitative estimate of drug-likeness (QED) is 0.832. The Balaban J connectivity index is 2.10. The molecule has 2 aromatic heterocycles. The third-order valence-electron chi connectivity index (χ3n) is 3.30. The maximum atomic E-state index is 6.13. The Bertz CT molecular complexity index is 537. The molecule has 1 fully saturated rings. The predicted octanol–water partition coefficient (Wildman–Crippen LogP) is 1.80. The van der Waals surface area contributed by atoms with E-state index in [0.29, 0.717) is 5.92 Å². The van der Waals surface area contributed by atoms with Crippen molar-refractivity contribution in [3.8, 4) is 0 Å². The van der Waals surface area contributed by atoms with E-state index in [9.17, 15) is 0 Å².